The summed E-state index contributed by atoms with van der Waals surface area (Å²) < 4.78 is 85.2. The molecule has 5 nitrogen and oxygen atoms in total. The Morgan fingerprint density at radius 1 is 1.08 bits per heavy atom. The first-order valence-corrected chi connectivity index (χ1v) is 8.46. The quantitative estimate of drug-likeness (QED) is 0.803. The summed E-state index contributed by atoms with van der Waals surface area (Å²) in [5, 5.41) is 2.32. The topological polar surface area (TPSA) is 76.1 Å². The van der Waals surface area contributed by atoms with Crippen molar-refractivity contribution < 1.29 is 35.2 Å². The third-order valence-electron chi connectivity index (χ3n) is 3.30. The number of amides is 1. The highest BCUT2D eigenvalue weighted by Gasteiger charge is 2.33. The highest BCUT2D eigenvalue weighted by Crippen LogP contribution is 2.28. The van der Waals surface area contributed by atoms with Crippen molar-refractivity contribution in [2.45, 2.75) is 23.8 Å². The van der Waals surface area contributed by atoms with Crippen LogP contribution in [0.4, 0.5) is 27.6 Å². The largest absolute Gasteiger partial charge is 0.433 e. The maximum atomic E-state index is 12.6. The summed E-state index contributed by atoms with van der Waals surface area (Å²) >= 11 is 0. The van der Waals surface area contributed by atoms with E-state index in [0.29, 0.717) is 6.07 Å². The van der Waals surface area contributed by atoms with Gasteiger partial charge in [0, 0.05) is 5.69 Å². The SMILES string of the molecule is Cc1nc(C(F)(F)F)ccc1C(=O)Nc1ccc(S(=O)(=O)C(F)F)cc1. The zero-order chi connectivity index (χ0) is 19.7. The maximum Gasteiger partial charge on any atom is 0.433 e. The summed E-state index contributed by atoms with van der Waals surface area (Å²) in [6.07, 6.45) is -4.65. The smallest absolute Gasteiger partial charge is 0.322 e. The molecule has 0 atom stereocenters. The molecule has 0 radical (unpaired) electrons. The Morgan fingerprint density at radius 3 is 2.12 bits per heavy atom. The number of alkyl halides is 5. The van der Waals surface area contributed by atoms with Gasteiger partial charge in [-0.25, -0.2) is 13.4 Å². The molecule has 1 amide bonds. The van der Waals surface area contributed by atoms with Crippen LogP contribution in [-0.2, 0) is 16.0 Å². The van der Waals surface area contributed by atoms with Crippen molar-refractivity contribution in [2.24, 2.45) is 0 Å². The lowest BCUT2D eigenvalue weighted by atomic mass is 10.1. The number of nitrogens with one attached hydrogen (secondary N) is 1. The van der Waals surface area contributed by atoms with Crippen LogP contribution in [0, 0.1) is 6.92 Å². The van der Waals surface area contributed by atoms with Crippen LogP contribution in [0.3, 0.4) is 0 Å². The van der Waals surface area contributed by atoms with Gasteiger partial charge in [0.1, 0.15) is 5.69 Å². The van der Waals surface area contributed by atoms with E-state index in [0.717, 1.165) is 30.3 Å². The predicted molar refractivity (Wildman–Crippen MR) is 81.6 cm³/mol. The molecular formula is C15H11F5N2O3S. The van der Waals surface area contributed by atoms with Crippen LogP contribution in [0.1, 0.15) is 21.7 Å². The molecule has 11 heteroatoms. The number of benzene rings is 1. The molecule has 0 aliphatic carbocycles. The van der Waals surface area contributed by atoms with Crippen LogP contribution in [0.5, 0.6) is 0 Å². The molecule has 1 aromatic heterocycles. The Bertz CT molecular complexity index is 925. The molecule has 0 unspecified atom stereocenters. The van der Waals surface area contributed by atoms with Crippen LogP contribution in [-0.4, -0.2) is 25.1 Å². The number of sulfone groups is 1. The fourth-order valence-electron chi connectivity index (χ4n) is 1.99. The van der Waals surface area contributed by atoms with E-state index in [4.69, 9.17) is 0 Å². The summed E-state index contributed by atoms with van der Waals surface area (Å²) in [4.78, 5) is 14.8. The highest BCUT2D eigenvalue weighted by atomic mass is 32.2. The van der Waals surface area contributed by atoms with Gasteiger partial charge in [0.15, 0.2) is 0 Å². The Hall–Kier alpha value is -2.56. The lowest BCUT2D eigenvalue weighted by Gasteiger charge is -2.11. The van der Waals surface area contributed by atoms with Crippen molar-refractivity contribution in [3.63, 3.8) is 0 Å². The number of aryl methyl sites for hydroxylation is 1. The summed E-state index contributed by atoms with van der Waals surface area (Å²) in [6, 6.07) is 5.54. The minimum Gasteiger partial charge on any atom is -0.322 e. The number of carbonyl (C=O) groups excluding carboxylic acids is 1. The van der Waals surface area contributed by atoms with Gasteiger partial charge in [0.25, 0.3) is 5.91 Å². The first kappa shape index (κ1) is 19.8. The zero-order valence-electron chi connectivity index (χ0n) is 13.0. The van der Waals surface area contributed by atoms with Crippen molar-refractivity contribution in [2.75, 3.05) is 5.32 Å². The predicted octanol–water partition coefficient (Wildman–Crippen LogP) is 3.66. The second-order valence-electron chi connectivity index (χ2n) is 5.11. The number of halogens is 5. The second-order valence-corrected chi connectivity index (χ2v) is 7.03. The van der Waals surface area contributed by atoms with Crippen LogP contribution in [0.25, 0.3) is 0 Å². The summed E-state index contributed by atoms with van der Waals surface area (Å²) in [5.41, 5.74) is -1.35. The zero-order valence-corrected chi connectivity index (χ0v) is 13.8. The molecule has 1 aromatic carbocycles. The van der Waals surface area contributed by atoms with Gasteiger partial charge < -0.3 is 5.32 Å². The number of aromatic nitrogens is 1. The Balaban J connectivity index is 2.21. The molecular weight excluding hydrogens is 383 g/mol. The van der Waals surface area contributed by atoms with E-state index in [1.54, 1.807) is 0 Å². The van der Waals surface area contributed by atoms with Crippen molar-refractivity contribution in [1.29, 1.82) is 0 Å². The molecule has 2 rings (SSSR count). The normalized spacial score (nSPS) is 12.3. The van der Waals surface area contributed by atoms with E-state index < -0.39 is 38.3 Å². The summed E-state index contributed by atoms with van der Waals surface area (Å²) in [5.74, 6) is -4.36. The fraction of sp³-hybridized carbons (Fsp3) is 0.200. The first-order valence-electron chi connectivity index (χ1n) is 6.91. The molecule has 0 bridgehead atoms. The first-order chi connectivity index (χ1) is 11.9. The van der Waals surface area contributed by atoms with Gasteiger partial charge in [-0.05, 0) is 43.3 Å². The van der Waals surface area contributed by atoms with Gasteiger partial charge in [-0.1, -0.05) is 0 Å². The number of hydrogen-bond acceptors (Lipinski definition) is 4. The molecule has 0 saturated heterocycles. The fourth-order valence-corrected chi connectivity index (χ4v) is 2.71. The number of carbonyl (C=O) groups is 1. The summed E-state index contributed by atoms with van der Waals surface area (Å²) in [6.45, 7) is 1.22. The van der Waals surface area contributed by atoms with E-state index in [9.17, 15) is 35.2 Å². The van der Waals surface area contributed by atoms with Crippen molar-refractivity contribution >= 4 is 21.4 Å². The van der Waals surface area contributed by atoms with Gasteiger partial charge in [-0.2, -0.15) is 22.0 Å². The third kappa shape index (κ3) is 4.15. The molecule has 1 heterocycles. The third-order valence-corrected chi connectivity index (χ3v) is 4.69. The van der Waals surface area contributed by atoms with Gasteiger partial charge >= 0.3 is 11.9 Å². The lowest BCUT2D eigenvalue weighted by molar-refractivity contribution is -0.141. The average molecular weight is 394 g/mol. The maximum absolute atomic E-state index is 12.6. The molecule has 0 spiro atoms. The summed E-state index contributed by atoms with van der Waals surface area (Å²) in [7, 11) is -4.76. The molecule has 0 fully saturated rings. The van der Waals surface area contributed by atoms with Gasteiger partial charge in [-0.3, -0.25) is 4.79 Å². The minimum atomic E-state index is -4.76. The average Bonchev–Trinajstić information content (AvgIpc) is 2.54. The van der Waals surface area contributed by atoms with Gasteiger partial charge in [0.05, 0.1) is 16.2 Å². The van der Waals surface area contributed by atoms with E-state index in [-0.39, 0.29) is 16.9 Å². The van der Waals surface area contributed by atoms with Crippen LogP contribution >= 0.6 is 0 Å². The number of pyridine rings is 1. The number of hydrogen-bond donors (Lipinski definition) is 1. The number of anilines is 1. The number of nitrogens with zero attached hydrogens (tertiary/aromatic N) is 1. The van der Waals surface area contributed by atoms with Gasteiger partial charge in [-0.15, -0.1) is 0 Å². The van der Waals surface area contributed by atoms with Crippen molar-refractivity contribution in [3.8, 4) is 0 Å². The molecule has 1 N–H and O–H groups in total. The Morgan fingerprint density at radius 2 is 1.65 bits per heavy atom. The van der Waals surface area contributed by atoms with Crippen LogP contribution in [0.2, 0.25) is 0 Å². The molecule has 0 aliphatic heterocycles. The molecule has 26 heavy (non-hydrogen) atoms. The minimum absolute atomic E-state index is 0.0718. The van der Waals surface area contributed by atoms with Crippen LogP contribution in [0.15, 0.2) is 41.3 Å². The molecule has 0 saturated carbocycles. The molecule has 2 aromatic rings. The van der Waals surface area contributed by atoms with E-state index in [1.807, 2.05) is 0 Å². The Labute approximate surface area is 144 Å². The van der Waals surface area contributed by atoms with Gasteiger partial charge in [0.2, 0.25) is 9.84 Å². The standard InChI is InChI=1S/C15H11F5N2O3S/c1-8-11(6-7-12(21-8)15(18,19)20)13(23)22-9-2-4-10(5-3-9)26(24,25)14(16)17/h2-7,14H,1H3,(H,22,23). The Kier molecular flexibility index (Phi) is 5.31. The molecule has 140 valence electrons. The van der Waals surface area contributed by atoms with Crippen molar-refractivity contribution in [3.05, 3.63) is 53.3 Å². The van der Waals surface area contributed by atoms with E-state index in [1.165, 1.54) is 6.92 Å². The highest BCUT2D eigenvalue weighted by molar-refractivity contribution is 7.91. The van der Waals surface area contributed by atoms with E-state index >= 15 is 0 Å². The monoisotopic (exact) mass is 394 g/mol. The second kappa shape index (κ2) is 6.98. The lowest BCUT2D eigenvalue weighted by Crippen LogP contribution is -2.17. The van der Waals surface area contributed by atoms with E-state index in [2.05, 4.69) is 10.3 Å². The molecule has 0 aliphatic rings. The van der Waals surface area contributed by atoms with Crippen LogP contribution < -0.4 is 5.32 Å². The van der Waals surface area contributed by atoms with Crippen molar-refractivity contribution in [1.82, 2.24) is 4.98 Å². The number of rotatable bonds is 4.